The number of aryl methyl sites for hydroxylation is 1. The quantitative estimate of drug-likeness (QED) is 0.612. The van der Waals surface area contributed by atoms with Crippen molar-refractivity contribution in [2.45, 2.75) is 26.2 Å². The molecule has 1 saturated heterocycles. The molecule has 2 N–H and O–H groups in total. The van der Waals surface area contributed by atoms with Gasteiger partial charge in [-0.3, -0.25) is 19.7 Å². The zero-order valence-electron chi connectivity index (χ0n) is 11.8. The van der Waals surface area contributed by atoms with Gasteiger partial charge >= 0.3 is 11.8 Å². The highest BCUT2D eigenvalue weighted by Gasteiger charge is 2.19. The maximum atomic E-state index is 11.6. The number of nitrogens with zero attached hydrogens (tertiary/aromatic N) is 2. The minimum Gasteiger partial charge on any atom is -0.348 e. The predicted octanol–water partition coefficient (Wildman–Crippen LogP) is 0.519. The van der Waals surface area contributed by atoms with Gasteiger partial charge in [0, 0.05) is 31.4 Å². The van der Waals surface area contributed by atoms with Crippen LogP contribution >= 0.6 is 11.3 Å². The first kappa shape index (κ1) is 15.4. The summed E-state index contributed by atoms with van der Waals surface area (Å²) in [4.78, 5) is 40.4. The number of nitrogens with one attached hydrogen (secondary N) is 2. The highest BCUT2D eigenvalue weighted by Crippen LogP contribution is 2.13. The first-order valence-electron chi connectivity index (χ1n) is 6.85. The number of likely N-dealkylation sites (tertiary alicyclic amines) is 1. The van der Waals surface area contributed by atoms with E-state index in [9.17, 15) is 14.4 Å². The molecule has 0 radical (unpaired) electrons. The Morgan fingerprint density at radius 3 is 2.86 bits per heavy atom. The van der Waals surface area contributed by atoms with Crippen LogP contribution < -0.4 is 10.6 Å². The zero-order valence-corrected chi connectivity index (χ0v) is 12.7. The van der Waals surface area contributed by atoms with Crippen molar-refractivity contribution in [3.8, 4) is 0 Å². The lowest BCUT2D eigenvalue weighted by Gasteiger charge is -2.15. The molecular weight excluding hydrogens is 292 g/mol. The number of carbonyl (C=O) groups is 3. The van der Waals surface area contributed by atoms with Crippen molar-refractivity contribution in [1.82, 2.24) is 15.2 Å². The molecule has 1 aliphatic rings. The van der Waals surface area contributed by atoms with Crippen molar-refractivity contribution in [3.63, 3.8) is 0 Å². The summed E-state index contributed by atoms with van der Waals surface area (Å²) >= 11 is 1.27. The molecule has 0 atom stereocenters. The monoisotopic (exact) mass is 310 g/mol. The number of carbonyl (C=O) groups excluding carboxylic acids is 3. The molecule has 8 heteroatoms. The van der Waals surface area contributed by atoms with Gasteiger partial charge in [-0.1, -0.05) is 0 Å². The third kappa shape index (κ3) is 4.52. The number of hydrogen-bond donors (Lipinski definition) is 2. The van der Waals surface area contributed by atoms with Crippen LogP contribution in [0.3, 0.4) is 0 Å². The minimum absolute atomic E-state index is 0.165. The number of hydrogen-bond acceptors (Lipinski definition) is 5. The molecule has 3 amide bonds. The second-order valence-corrected chi connectivity index (χ2v) is 5.70. The summed E-state index contributed by atoms with van der Waals surface area (Å²) < 4.78 is 0. The van der Waals surface area contributed by atoms with E-state index in [4.69, 9.17) is 0 Å². The number of aromatic nitrogens is 1. The fraction of sp³-hybridized carbons (Fsp3) is 0.538. The first-order chi connectivity index (χ1) is 10.1. The molecule has 2 rings (SSSR count). The highest BCUT2D eigenvalue weighted by atomic mass is 32.1. The average molecular weight is 310 g/mol. The Hall–Kier alpha value is -1.96. The maximum Gasteiger partial charge on any atom is 0.315 e. The smallest absolute Gasteiger partial charge is 0.315 e. The van der Waals surface area contributed by atoms with Crippen LogP contribution in [0.4, 0.5) is 5.13 Å². The molecule has 1 aliphatic heterocycles. The molecule has 21 heavy (non-hydrogen) atoms. The molecule has 1 aromatic rings. The van der Waals surface area contributed by atoms with Crippen LogP contribution in [0.25, 0.3) is 0 Å². The molecule has 0 aromatic carbocycles. The Morgan fingerprint density at radius 1 is 1.43 bits per heavy atom. The topological polar surface area (TPSA) is 91.4 Å². The van der Waals surface area contributed by atoms with E-state index in [1.165, 1.54) is 11.3 Å². The zero-order chi connectivity index (χ0) is 15.2. The first-order valence-corrected chi connectivity index (χ1v) is 7.73. The van der Waals surface area contributed by atoms with Crippen molar-refractivity contribution in [2.75, 3.05) is 25.0 Å². The van der Waals surface area contributed by atoms with Gasteiger partial charge in [0.25, 0.3) is 0 Å². The minimum atomic E-state index is -0.721. The summed E-state index contributed by atoms with van der Waals surface area (Å²) in [7, 11) is 0. The van der Waals surface area contributed by atoms with Gasteiger partial charge < -0.3 is 10.2 Å². The number of anilines is 1. The van der Waals surface area contributed by atoms with E-state index in [0.717, 1.165) is 18.7 Å². The van der Waals surface area contributed by atoms with E-state index in [1.807, 2.05) is 6.92 Å². The largest absolute Gasteiger partial charge is 0.348 e. The fourth-order valence-electron chi connectivity index (χ4n) is 2.06. The second kappa shape index (κ2) is 7.16. The van der Waals surface area contributed by atoms with Gasteiger partial charge in [-0.05, 0) is 19.8 Å². The van der Waals surface area contributed by atoms with E-state index in [2.05, 4.69) is 15.6 Å². The Bertz CT molecular complexity index is 543. The van der Waals surface area contributed by atoms with Gasteiger partial charge in [-0.25, -0.2) is 4.98 Å². The van der Waals surface area contributed by atoms with Crippen molar-refractivity contribution in [1.29, 1.82) is 0 Å². The molecule has 7 nitrogen and oxygen atoms in total. The van der Waals surface area contributed by atoms with Crippen LogP contribution in [-0.2, 0) is 14.4 Å². The van der Waals surface area contributed by atoms with E-state index >= 15 is 0 Å². The van der Waals surface area contributed by atoms with E-state index in [0.29, 0.717) is 31.1 Å². The number of rotatable bonds is 5. The van der Waals surface area contributed by atoms with E-state index in [-0.39, 0.29) is 5.91 Å². The van der Waals surface area contributed by atoms with Gasteiger partial charge in [0.05, 0.1) is 5.69 Å². The van der Waals surface area contributed by atoms with Crippen LogP contribution in [-0.4, -0.2) is 47.2 Å². The van der Waals surface area contributed by atoms with Gasteiger partial charge in [0.15, 0.2) is 5.13 Å². The summed E-state index contributed by atoms with van der Waals surface area (Å²) in [5.74, 6) is -1.24. The van der Waals surface area contributed by atoms with Crippen LogP contribution in [0.15, 0.2) is 5.38 Å². The Labute approximate surface area is 126 Å². The third-order valence-electron chi connectivity index (χ3n) is 3.11. The Morgan fingerprint density at radius 2 is 2.24 bits per heavy atom. The van der Waals surface area contributed by atoms with Crippen LogP contribution in [0, 0.1) is 6.92 Å². The average Bonchev–Trinajstić information content (AvgIpc) is 3.03. The third-order valence-corrected chi connectivity index (χ3v) is 3.98. The van der Waals surface area contributed by atoms with Gasteiger partial charge in [0.2, 0.25) is 5.91 Å². The van der Waals surface area contributed by atoms with Crippen molar-refractivity contribution in [2.24, 2.45) is 0 Å². The molecule has 0 bridgehead atoms. The normalized spacial score (nSPS) is 14.3. The molecule has 1 fully saturated rings. The lowest BCUT2D eigenvalue weighted by atomic mass is 10.3. The number of thiazole rings is 1. The SMILES string of the molecule is Cc1csc(NC(=O)C(=O)NCCCN2CCCC2=O)n1. The highest BCUT2D eigenvalue weighted by molar-refractivity contribution is 7.14. The predicted molar refractivity (Wildman–Crippen MR) is 78.9 cm³/mol. The van der Waals surface area contributed by atoms with Crippen LogP contribution in [0.5, 0.6) is 0 Å². The molecule has 0 saturated carbocycles. The second-order valence-electron chi connectivity index (χ2n) is 4.84. The molecule has 2 heterocycles. The van der Waals surface area contributed by atoms with Gasteiger partial charge in [0.1, 0.15) is 0 Å². The fourth-order valence-corrected chi connectivity index (χ4v) is 2.74. The van der Waals surface area contributed by atoms with E-state index < -0.39 is 11.8 Å². The molecular formula is C13H18N4O3S. The molecule has 1 aromatic heterocycles. The van der Waals surface area contributed by atoms with Crippen LogP contribution in [0.2, 0.25) is 0 Å². The lowest BCUT2D eigenvalue weighted by Crippen LogP contribution is -2.37. The summed E-state index contributed by atoms with van der Waals surface area (Å²) in [5, 5.41) is 7.18. The van der Waals surface area contributed by atoms with E-state index in [1.54, 1.807) is 10.3 Å². The van der Waals surface area contributed by atoms with Crippen molar-refractivity contribution in [3.05, 3.63) is 11.1 Å². The summed E-state index contributed by atoms with van der Waals surface area (Å²) in [6.07, 6.45) is 2.16. The lowest BCUT2D eigenvalue weighted by molar-refractivity contribution is -0.136. The standard InChI is InChI=1S/C13H18N4O3S/c1-9-8-21-13(15-9)16-12(20)11(19)14-5-3-7-17-6-2-4-10(17)18/h8H,2-7H2,1H3,(H,14,19)(H,15,16,20). The molecule has 0 unspecified atom stereocenters. The Balaban J connectivity index is 1.64. The molecule has 114 valence electrons. The van der Waals surface area contributed by atoms with Crippen molar-refractivity contribution >= 4 is 34.2 Å². The summed E-state index contributed by atoms with van der Waals surface area (Å²) in [5.41, 5.74) is 0.797. The summed E-state index contributed by atoms with van der Waals surface area (Å²) in [6.45, 7) is 3.59. The van der Waals surface area contributed by atoms with Crippen molar-refractivity contribution < 1.29 is 14.4 Å². The molecule has 0 aliphatic carbocycles. The molecule has 0 spiro atoms. The van der Waals surface area contributed by atoms with Gasteiger partial charge in [-0.2, -0.15) is 0 Å². The van der Waals surface area contributed by atoms with Gasteiger partial charge in [-0.15, -0.1) is 11.3 Å². The number of amides is 3. The van der Waals surface area contributed by atoms with Crippen LogP contribution in [0.1, 0.15) is 25.0 Å². The maximum absolute atomic E-state index is 11.6. The summed E-state index contributed by atoms with van der Waals surface area (Å²) in [6, 6.07) is 0. The Kier molecular flexibility index (Phi) is 5.26.